The lowest BCUT2D eigenvalue weighted by molar-refractivity contribution is -0.271. The van der Waals surface area contributed by atoms with Gasteiger partial charge in [-0.25, -0.2) is 24.2 Å². The Morgan fingerprint density at radius 2 is 1.66 bits per heavy atom. The minimum Gasteiger partial charge on any atom is -0.495 e. The molecular weight excluding hydrogens is 1300 g/mol. The summed E-state index contributed by atoms with van der Waals surface area (Å²) in [6.45, 7) is 7.80. The largest absolute Gasteiger partial charge is 0.495 e. The van der Waals surface area contributed by atoms with Crippen molar-refractivity contribution in [2.24, 2.45) is 5.92 Å². The third-order valence-corrected chi connectivity index (χ3v) is 18.2. The molecule has 1 aromatic heterocycles. The first kappa shape index (κ1) is 75.8. The van der Waals surface area contributed by atoms with Crippen molar-refractivity contribution in [1.82, 2.24) is 30.5 Å². The molecule has 0 aliphatic carbocycles. The number of alkyl carbamates (subject to hydrolysis) is 1. The Labute approximate surface area is 571 Å². The van der Waals surface area contributed by atoms with Gasteiger partial charge in [0.1, 0.15) is 71.4 Å². The molecule has 13 atom stereocenters. The maximum absolute atomic E-state index is 14.5. The van der Waals surface area contributed by atoms with Crippen LogP contribution in [0.4, 0.5) is 21.0 Å². The molecule has 0 spiro atoms. The summed E-state index contributed by atoms with van der Waals surface area (Å²) in [7, 11) is 9.37. The van der Waals surface area contributed by atoms with Gasteiger partial charge in [0.2, 0.25) is 24.0 Å². The fraction of sp³-hybridized carbons (Fsp3) is 0.537. The van der Waals surface area contributed by atoms with Crippen LogP contribution in [0.3, 0.4) is 0 Å². The van der Waals surface area contributed by atoms with Crippen molar-refractivity contribution in [1.29, 1.82) is 0 Å². The molecule has 8 rings (SSSR count). The Kier molecular flexibility index (Phi) is 26.1. The fourth-order valence-corrected chi connectivity index (χ4v) is 12.1. The molecule has 5 amide bonds. The molecule has 4 aliphatic heterocycles. The number of nitrogens with zero attached hydrogens (tertiary/aromatic N) is 4. The number of para-hydroxylation sites is 1. The minimum absolute atomic E-state index is 0.0898. The molecule has 3 saturated heterocycles. The summed E-state index contributed by atoms with van der Waals surface area (Å²) in [5.74, 6) is -4.58. The van der Waals surface area contributed by atoms with Gasteiger partial charge in [0.05, 0.1) is 70.4 Å². The van der Waals surface area contributed by atoms with Gasteiger partial charge in [-0.05, 0) is 87.2 Å². The van der Waals surface area contributed by atoms with Crippen LogP contribution >= 0.6 is 11.6 Å². The van der Waals surface area contributed by atoms with E-state index in [1.165, 1.54) is 58.3 Å². The van der Waals surface area contributed by atoms with Gasteiger partial charge in [-0.15, -0.1) is 0 Å². The van der Waals surface area contributed by atoms with E-state index in [2.05, 4.69) is 32.0 Å². The molecule has 9 N–H and O–H groups in total. The van der Waals surface area contributed by atoms with Gasteiger partial charge in [0.15, 0.2) is 11.8 Å². The molecule has 4 aromatic rings. The molecular formula is C67H89ClN8O22. The van der Waals surface area contributed by atoms with Gasteiger partial charge in [-0.3, -0.25) is 30.0 Å². The number of carboxylic acids is 1. The number of carboxylic acid groups (broad SMARTS) is 1. The molecule has 0 saturated carbocycles. The number of aliphatic carboxylic acids is 1. The van der Waals surface area contributed by atoms with Gasteiger partial charge < -0.3 is 93.0 Å². The maximum Gasteiger partial charge on any atom is 0.410 e. The number of fused-ring (bicyclic) bond motifs is 6. The average Bonchev–Trinajstić information content (AvgIpc) is 1.57. The third-order valence-electron chi connectivity index (χ3n) is 17.8. The number of benzene rings is 3. The lowest BCUT2D eigenvalue weighted by Gasteiger charge is -2.42. The monoisotopic (exact) mass is 1390 g/mol. The highest BCUT2D eigenvalue weighted by atomic mass is 35.5. The van der Waals surface area contributed by atoms with Crippen molar-refractivity contribution in [3.8, 4) is 11.5 Å². The second-order valence-electron chi connectivity index (χ2n) is 24.8. The van der Waals surface area contributed by atoms with E-state index in [-0.39, 0.29) is 91.6 Å². The molecule has 31 heteroatoms. The number of rotatable bonds is 26. The summed E-state index contributed by atoms with van der Waals surface area (Å²) < 4.78 is 59.7. The van der Waals surface area contributed by atoms with E-state index in [9.17, 15) is 59.1 Å². The van der Waals surface area contributed by atoms with Crippen molar-refractivity contribution in [3.63, 3.8) is 0 Å². The second kappa shape index (κ2) is 33.7. The first-order valence-electron chi connectivity index (χ1n) is 32.0. The van der Waals surface area contributed by atoms with Crippen molar-refractivity contribution in [2.75, 3.05) is 85.6 Å². The molecule has 1 unspecified atom stereocenters. The molecule has 536 valence electrons. The van der Waals surface area contributed by atoms with Crippen LogP contribution in [-0.4, -0.2) is 230 Å². The molecule has 4 bridgehead atoms. The smallest absolute Gasteiger partial charge is 0.410 e. The van der Waals surface area contributed by atoms with Crippen molar-refractivity contribution in [2.45, 2.75) is 152 Å². The van der Waals surface area contributed by atoms with E-state index in [1.54, 1.807) is 38.1 Å². The molecule has 3 aromatic carbocycles. The van der Waals surface area contributed by atoms with Crippen LogP contribution < -0.4 is 35.7 Å². The number of allylic oxidation sites excluding steroid dienone is 3. The van der Waals surface area contributed by atoms with Crippen LogP contribution in [0, 0.1) is 5.92 Å². The number of aliphatic hydroxyl groups excluding tert-OH is 3. The van der Waals surface area contributed by atoms with Gasteiger partial charge in [0.25, 0.3) is 0 Å². The number of nitrogens with one attached hydrogen (secondary N) is 4. The Balaban J connectivity index is 0.894. The lowest BCUT2D eigenvalue weighted by Crippen LogP contribution is -2.63. The number of carbonyl (C=O) groups is 7. The van der Waals surface area contributed by atoms with E-state index in [0.29, 0.717) is 19.5 Å². The zero-order valence-corrected chi connectivity index (χ0v) is 57.1. The third kappa shape index (κ3) is 18.7. The number of esters is 1. The van der Waals surface area contributed by atoms with Crippen molar-refractivity contribution >= 4 is 75.7 Å². The van der Waals surface area contributed by atoms with E-state index >= 15 is 0 Å². The van der Waals surface area contributed by atoms with Crippen LogP contribution in [0.15, 0.2) is 84.5 Å². The number of aliphatic hydroxyl groups is 4. The topological polar surface area (TPSA) is 379 Å². The highest BCUT2D eigenvalue weighted by Crippen LogP contribution is 2.49. The van der Waals surface area contributed by atoms with Gasteiger partial charge in [-0.2, -0.15) is 0 Å². The number of amides is 5. The predicted molar refractivity (Wildman–Crippen MR) is 352 cm³/mol. The molecule has 0 radical (unpaired) electrons. The van der Waals surface area contributed by atoms with Crippen LogP contribution in [0.25, 0.3) is 10.9 Å². The number of hydrogen-bond acceptors (Lipinski definition) is 23. The summed E-state index contributed by atoms with van der Waals surface area (Å²) in [6, 6.07) is 16.2. The number of hydrazine groups is 1. The molecule has 98 heavy (non-hydrogen) atoms. The number of ether oxygens (including phenoxy) is 10. The van der Waals surface area contributed by atoms with Crippen LogP contribution in [0.2, 0.25) is 5.02 Å². The van der Waals surface area contributed by atoms with Gasteiger partial charge in [-0.1, -0.05) is 66.6 Å². The first-order valence-corrected chi connectivity index (χ1v) is 32.4. The second-order valence-corrected chi connectivity index (χ2v) is 25.2. The predicted octanol–water partition coefficient (Wildman–Crippen LogP) is 3.68. The minimum atomic E-state index is -2.03. The molecule has 4 aliphatic rings. The van der Waals surface area contributed by atoms with E-state index in [1.807, 2.05) is 56.4 Å². The van der Waals surface area contributed by atoms with E-state index < -0.39 is 127 Å². The maximum atomic E-state index is 14.5. The Morgan fingerprint density at radius 1 is 0.929 bits per heavy atom. The SMILES string of the molecule is CNN(C)Cc1cc2ccccc2n1CCC(=O)NCCOCCOCCC(=O)Nc1cc(COC(=O)N(C)[C@@H](C)C(=O)O[C@H]2CC(=O)N(C)c3cc(cc(OC)c3Cl)C/C(C)=C/C=C/[C@@H](OC)[C@@]3(O)C[C@H](OC(=O)N3)[C@@H](C)[C@@H]3O[C@@]23C)ccc1OC1O[C@H](C(=O)O)[C@@H](O)[C@H](O)[C@H]1O. The summed E-state index contributed by atoms with van der Waals surface area (Å²) in [5.41, 5.74) is 3.82. The van der Waals surface area contributed by atoms with Gasteiger partial charge >= 0.3 is 24.1 Å². The standard InChI is InChI=1S/C67H89ClN8O22/c1-37-14-13-17-50(90-10)67(88)34-49(95-64(86)72-67)38(2)60-66(4,98-60)51(33-54(79)75(8)46-30-41(28-37)31-48(89-9)55(46)68)96-62(85)39(3)74(7)65(87)93-36-40-18-19-47(94-63-58(82)56(80)57(81)59(97-63)61(83)84)44(29-40)71-53(78)21-24-91-26-27-92-25-22-70-52(77)20-23-76-43(35-73(6)69-5)32-42-15-11-12-16-45(42)76/h11-19,29-32,38-39,49-51,56-60,63,69,80-82,88H,20-28,33-36H2,1-10H3,(H,70,77)(H,71,78)(H,72,86)(H,83,84)/b17-13+,37-14+/t38-,39+,49+,50-,51+,56+,57+,58-,59+,60+,63?,66+,67+/m1/s1. The van der Waals surface area contributed by atoms with Crippen molar-refractivity contribution < 1.29 is 106 Å². The Bertz CT molecular complexity index is 3570. The zero-order chi connectivity index (χ0) is 71.3. The normalized spacial score (nSPS) is 26.9. The number of epoxide rings is 1. The zero-order valence-electron chi connectivity index (χ0n) is 56.4. The number of halogens is 1. The van der Waals surface area contributed by atoms with Crippen molar-refractivity contribution in [3.05, 3.63) is 106 Å². The Morgan fingerprint density at radius 3 is 2.38 bits per heavy atom. The quantitative estimate of drug-likeness (QED) is 0.0142. The number of carbonyl (C=O) groups excluding carboxylic acids is 6. The summed E-state index contributed by atoms with van der Waals surface area (Å²) >= 11 is 6.85. The van der Waals surface area contributed by atoms with Crippen LogP contribution in [-0.2, 0) is 88.0 Å². The summed E-state index contributed by atoms with van der Waals surface area (Å²) in [6.07, 6.45) is -11.2. The molecule has 30 nitrogen and oxygen atoms in total. The van der Waals surface area contributed by atoms with Crippen LogP contribution in [0.5, 0.6) is 11.5 Å². The summed E-state index contributed by atoms with van der Waals surface area (Å²) in [5, 5.41) is 64.4. The number of aromatic nitrogens is 1. The Hall–Kier alpha value is -7.98. The number of likely N-dealkylation sites (N-methyl/N-ethyl adjacent to an activating group) is 1. The van der Waals surface area contributed by atoms with E-state index in [4.69, 9.17) is 59.0 Å². The van der Waals surface area contributed by atoms with Gasteiger partial charge in [0, 0.05) is 71.3 Å². The fourth-order valence-electron chi connectivity index (χ4n) is 11.8. The summed E-state index contributed by atoms with van der Waals surface area (Å²) in [4.78, 5) is 96.4. The molecule has 3 fully saturated rings. The highest BCUT2D eigenvalue weighted by molar-refractivity contribution is 6.35. The number of hydrogen-bond donors (Lipinski definition) is 9. The number of anilines is 2. The number of methoxy groups -OCH3 is 2. The van der Waals surface area contributed by atoms with E-state index in [0.717, 1.165) is 32.6 Å². The lowest BCUT2D eigenvalue weighted by atomic mass is 9.83. The van der Waals surface area contributed by atoms with Crippen LogP contribution in [0.1, 0.15) is 70.2 Å². The average molecular weight is 1390 g/mol. The highest BCUT2D eigenvalue weighted by Gasteiger charge is 2.64. The first-order chi connectivity index (χ1) is 46.6. The number of aryl methyl sites for hydroxylation is 1. The molecule has 5 heterocycles.